The SMILES string of the molecule is COC1C(N=[N+]=[N-])[C@@H](OC(C)=O)C(COC(C)=O)O[C@@H]1OC(=N)C(Cl)(Cl)Cl. The number of hydrogen-bond acceptors (Lipinski definition) is 9. The van der Waals surface area contributed by atoms with Gasteiger partial charge in [0.1, 0.15) is 31.0 Å². The van der Waals surface area contributed by atoms with E-state index in [-0.39, 0.29) is 6.61 Å². The molecule has 27 heavy (non-hydrogen) atoms. The van der Waals surface area contributed by atoms with Crippen LogP contribution in [0.1, 0.15) is 13.8 Å². The molecule has 0 aromatic carbocycles. The number of ether oxygens (including phenoxy) is 5. The molecule has 0 amide bonds. The van der Waals surface area contributed by atoms with Gasteiger partial charge in [-0.25, -0.2) is 0 Å². The van der Waals surface area contributed by atoms with Crippen molar-refractivity contribution in [2.24, 2.45) is 5.11 Å². The van der Waals surface area contributed by atoms with Crippen molar-refractivity contribution in [3.8, 4) is 0 Å². The molecule has 1 heterocycles. The summed E-state index contributed by atoms with van der Waals surface area (Å²) in [5, 5.41) is 11.3. The number of carbonyl (C=O) groups is 2. The summed E-state index contributed by atoms with van der Waals surface area (Å²) in [6.45, 7) is 1.94. The Morgan fingerprint density at radius 1 is 1.22 bits per heavy atom. The van der Waals surface area contributed by atoms with E-state index in [2.05, 4.69) is 10.0 Å². The van der Waals surface area contributed by atoms with E-state index in [1.165, 1.54) is 14.0 Å². The molecule has 152 valence electrons. The molecule has 0 bridgehead atoms. The van der Waals surface area contributed by atoms with Crippen LogP contribution in [-0.2, 0) is 33.3 Å². The van der Waals surface area contributed by atoms with E-state index >= 15 is 0 Å². The minimum Gasteiger partial charge on any atom is -0.463 e. The van der Waals surface area contributed by atoms with E-state index in [0.717, 1.165) is 6.92 Å². The second-order valence-electron chi connectivity index (χ2n) is 5.26. The Labute approximate surface area is 169 Å². The average molecular weight is 448 g/mol. The van der Waals surface area contributed by atoms with Crippen LogP contribution in [0.15, 0.2) is 5.11 Å². The number of methoxy groups -OCH3 is 1. The van der Waals surface area contributed by atoms with E-state index in [0.29, 0.717) is 0 Å². The number of alkyl halides is 3. The largest absolute Gasteiger partial charge is 0.463 e. The molecule has 0 saturated carbocycles. The zero-order chi connectivity index (χ0) is 20.8. The van der Waals surface area contributed by atoms with Crippen molar-refractivity contribution in [3.05, 3.63) is 10.4 Å². The zero-order valence-electron chi connectivity index (χ0n) is 14.4. The number of carbonyl (C=O) groups excluding carboxylic acids is 2. The van der Waals surface area contributed by atoms with Crippen LogP contribution < -0.4 is 0 Å². The molecule has 0 radical (unpaired) electrons. The molecular formula is C13H17Cl3N4O7. The summed E-state index contributed by atoms with van der Waals surface area (Å²) in [5.41, 5.74) is 8.88. The monoisotopic (exact) mass is 446 g/mol. The Balaban J connectivity index is 3.21. The summed E-state index contributed by atoms with van der Waals surface area (Å²) >= 11 is 16.8. The van der Waals surface area contributed by atoms with E-state index in [9.17, 15) is 9.59 Å². The minimum absolute atomic E-state index is 0.359. The fourth-order valence-electron chi connectivity index (χ4n) is 2.29. The number of halogens is 3. The van der Waals surface area contributed by atoms with Gasteiger partial charge in [0.25, 0.3) is 3.79 Å². The Hall–Kier alpha value is -1.49. The summed E-state index contributed by atoms with van der Waals surface area (Å²) in [4.78, 5) is 25.3. The molecule has 1 aliphatic heterocycles. The molecule has 0 spiro atoms. The number of rotatable bonds is 6. The van der Waals surface area contributed by atoms with Crippen molar-refractivity contribution in [3.63, 3.8) is 0 Å². The molecule has 1 rings (SSSR count). The molecule has 1 N–H and O–H groups in total. The minimum atomic E-state index is -2.19. The third-order valence-electron chi connectivity index (χ3n) is 3.32. The summed E-state index contributed by atoms with van der Waals surface area (Å²) in [5.74, 6) is -2.10. The second-order valence-corrected chi connectivity index (χ2v) is 7.54. The number of nitrogens with one attached hydrogen (secondary N) is 1. The Morgan fingerprint density at radius 2 is 1.85 bits per heavy atom. The van der Waals surface area contributed by atoms with Crippen molar-refractivity contribution < 1.29 is 33.3 Å². The third-order valence-corrected chi connectivity index (χ3v) is 3.83. The van der Waals surface area contributed by atoms with Crippen LogP contribution in [0.5, 0.6) is 0 Å². The first-order valence-electron chi connectivity index (χ1n) is 7.36. The third kappa shape index (κ3) is 6.87. The Morgan fingerprint density at radius 3 is 2.30 bits per heavy atom. The molecule has 0 aromatic rings. The summed E-state index contributed by atoms with van der Waals surface area (Å²) in [6, 6.07) is -1.15. The number of nitrogens with zero attached hydrogens (tertiary/aromatic N) is 3. The molecule has 5 atom stereocenters. The molecule has 11 nitrogen and oxygen atoms in total. The van der Waals surface area contributed by atoms with Crippen LogP contribution in [-0.4, -0.2) is 66.0 Å². The van der Waals surface area contributed by atoms with Crippen molar-refractivity contribution >= 4 is 52.6 Å². The maximum Gasteiger partial charge on any atom is 0.303 e. The molecule has 1 aliphatic rings. The summed E-state index contributed by atoms with van der Waals surface area (Å²) < 4.78 is 23.9. The van der Waals surface area contributed by atoms with Crippen molar-refractivity contribution in [2.45, 2.75) is 48.3 Å². The van der Waals surface area contributed by atoms with Gasteiger partial charge in [0.05, 0.1) is 0 Å². The van der Waals surface area contributed by atoms with Gasteiger partial charge in [0, 0.05) is 25.9 Å². The molecule has 3 unspecified atom stereocenters. The number of esters is 2. The van der Waals surface area contributed by atoms with Gasteiger partial charge >= 0.3 is 11.9 Å². The summed E-state index contributed by atoms with van der Waals surface area (Å²) in [7, 11) is 1.25. The Bertz CT molecular complexity index is 624. The first-order valence-corrected chi connectivity index (χ1v) is 8.50. The average Bonchev–Trinajstić information content (AvgIpc) is 2.54. The molecular weight excluding hydrogens is 431 g/mol. The molecule has 1 saturated heterocycles. The molecule has 1 fully saturated rings. The van der Waals surface area contributed by atoms with Crippen molar-refractivity contribution in [2.75, 3.05) is 13.7 Å². The summed E-state index contributed by atoms with van der Waals surface area (Å²) in [6.07, 6.45) is -4.79. The van der Waals surface area contributed by atoms with Crippen LogP contribution in [0, 0.1) is 5.41 Å². The van der Waals surface area contributed by atoms with Gasteiger partial charge in [-0.1, -0.05) is 39.9 Å². The van der Waals surface area contributed by atoms with Gasteiger partial charge in [-0.3, -0.25) is 15.0 Å². The fourth-order valence-corrected chi connectivity index (χ4v) is 2.42. The van der Waals surface area contributed by atoms with Crippen molar-refractivity contribution in [1.29, 1.82) is 5.41 Å². The highest BCUT2D eigenvalue weighted by atomic mass is 35.6. The topological polar surface area (TPSA) is 153 Å². The lowest BCUT2D eigenvalue weighted by Crippen LogP contribution is -2.61. The van der Waals surface area contributed by atoms with Gasteiger partial charge in [0.2, 0.25) is 12.2 Å². The highest BCUT2D eigenvalue weighted by Gasteiger charge is 2.50. The zero-order valence-corrected chi connectivity index (χ0v) is 16.7. The maximum atomic E-state index is 11.5. The van der Waals surface area contributed by atoms with Gasteiger partial charge < -0.3 is 23.7 Å². The molecule has 14 heteroatoms. The number of azide groups is 1. The predicted octanol–water partition coefficient (Wildman–Crippen LogP) is 2.26. The lowest BCUT2D eigenvalue weighted by atomic mass is 9.96. The molecule has 0 aromatic heterocycles. The number of hydrogen-bond donors (Lipinski definition) is 1. The van der Waals surface area contributed by atoms with Gasteiger partial charge in [0.15, 0.2) is 0 Å². The quantitative estimate of drug-likeness (QED) is 0.125. The van der Waals surface area contributed by atoms with Gasteiger partial charge in [-0.15, -0.1) is 0 Å². The molecule has 0 aliphatic carbocycles. The van der Waals surface area contributed by atoms with Gasteiger partial charge in [-0.2, -0.15) is 0 Å². The van der Waals surface area contributed by atoms with Crippen LogP contribution in [0.3, 0.4) is 0 Å². The second kappa shape index (κ2) is 10.2. The van der Waals surface area contributed by atoms with Crippen LogP contribution in [0.25, 0.3) is 10.4 Å². The van der Waals surface area contributed by atoms with Crippen LogP contribution >= 0.6 is 34.8 Å². The highest BCUT2D eigenvalue weighted by Crippen LogP contribution is 2.33. The normalized spacial score (nSPS) is 27.9. The lowest BCUT2D eigenvalue weighted by molar-refractivity contribution is -0.263. The first-order chi connectivity index (χ1) is 12.5. The first kappa shape index (κ1) is 23.5. The highest BCUT2D eigenvalue weighted by molar-refractivity contribution is 6.76. The van der Waals surface area contributed by atoms with Crippen LogP contribution in [0.2, 0.25) is 0 Å². The van der Waals surface area contributed by atoms with E-state index in [1.54, 1.807) is 0 Å². The maximum absolute atomic E-state index is 11.5. The van der Waals surface area contributed by atoms with E-state index in [1.807, 2.05) is 0 Å². The standard InChI is InChI=1S/C13H17Cl3N4O7/c1-5(21)24-4-7-9(25-6(2)22)8(19-20-18)10(23-3)11(26-7)27-12(17)13(14,15)16/h7-11,17H,4H2,1-3H3/t7?,8?,9-,10?,11+/m0/s1. The predicted molar refractivity (Wildman–Crippen MR) is 93.7 cm³/mol. The van der Waals surface area contributed by atoms with Crippen LogP contribution in [0.4, 0.5) is 0 Å². The fraction of sp³-hybridized carbons (Fsp3) is 0.769. The Kier molecular flexibility index (Phi) is 8.86. The van der Waals surface area contributed by atoms with Crippen molar-refractivity contribution in [1.82, 2.24) is 0 Å². The van der Waals surface area contributed by atoms with E-state index < -0.39 is 52.3 Å². The van der Waals surface area contributed by atoms with Gasteiger partial charge in [-0.05, 0) is 5.53 Å². The smallest absolute Gasteiger partial charge is 0.303 e. The van der Waals surface area contributed by atoms with E-state index in [4.69, 9.17) is 69.4 Å². The lowest BCUT2D eigenvalue weighted by Gasteiger charge is -2.43.